The van der Waals surface area contributed by atoms with Gasteiger partial charge in [0.25, 0.3) is 5.91 Å². The maximum Gasteiger partial charge on any atom is 0.350 e. The van der Waals surface area contributed by atoms with Gasteiger partial charge in [0.05, 0.1) is 17.8 Å². The number of pyridine rings is 1. The van der Waals surface area contributed by atoms with Gasteiger partial charge in [-0.3, -0.25) is 9.36 Å². The van der Waals surface area contributed by atoms with Crippen LogP contribution in [0.1, 0.15) is 21.7 Å². The van der Waals surface area contributed by atoms with E-state index >= 15 is 0 Å². The molecule has 0 saturated carbocycles. The van der Waals surface area contributed by atoms with Crippen LogP contribution >= 0.6 is 11.6 Å². The molecule has 0 unspecified atom stereocenters. The van der Waals surface area contributed by atoms with E-state index in [4.69, 9.17) is 11.6 Å². The summed E-state index contributed by atoms with van der Waals surface area (Å²) in [6, 6.07) is 10.8. The van der Waals surface area contributed by atoms with E-state index in [0.717, 1.165) is 5.56 Å². The van der Waals surface area contributed by atoms with Crippen LogP contribution in [0.2, 0.25) is 5.15 Å². The van der Waals surface area contributed by atoms with Gasteiger partial charge < -0.3 is 4.90 Å². The molecule has 4 rings (SSSR count). The zero-order valence-corrected chi connectivity index (χ0v) is 14.8. The van der Waals surface area contributed by atoms with Crippen molar-refractivity contribution in [2.24, 2.45) is 0 Å². The van der Waals surface area contributed by atoms with Gasteiger partial charge in [0, 0.05) is 19.3 Å². The van der Waals surface area contributed by atoms with Crippen molar-refractivity contribution in [1.82, 2.24) is 24.2 Å². The third-order valence-corrected chi connectivity index (χ3v) is 4.63. The van der Waals surface area contributed by atoms with Crippen molar-refractivity contribution >= 4 is 17.5 Å². The van der Waals surface area contributed by atoms with Crippen molar-refractivity contribution in [3.05, 3.63) is 75.2 Å². The van der Waals surface area contributed by atoms with E-state index in [-0.39, 0.29) is 18.1 Å². The number of aromatic nitrogens is 4. The molecule has 1 amide bonds. The molecule has 3 heterocycles. The third-order valence-electron chi connectivity index (χ3n) is 4.40. The van der Waals surface area contributed by atoms with E-state index in [1.54, 1.807) is 21.6 Å². The summed E-state index contributed by atoms with van der Waals surface area (Å²) in [5.41, 5.74) is 2.09. The first-order valence-corrected chi connectivity index (χ1v) is 8.57. The quantitative estimate of drug-likeness (QED) is 0.648. The van der Waals surface area contributed by atoms with Crippen LogP contribution in [0.4, 0.5) is 0 Å². The van der Waals surface area contributed by atoms with Crippen LogP contribution in [0.3, 0.4) is 0 Å². The van der Waals surface area contributed by atoms with E-state index in [1.807, 2.05) is 31.2 Å². The summed E-state index contributed by atoms with van der Waals surface area (Å²) in [5.74, 6) is 0.412. The highest BCUT2D eigenvalue weighted by atomic mass is 35.5. The standard InChI is InChI=1S/C18H16ClN5O2/c1-12-2-5-14(6-3-12)24-18(26)23-9-8-22(11-16(23)21-24)17(25)13-4-7-15(19)20-10-13/h2-7,10H,8-9,11H2,1H3. The molecular formula is C18H16ClN5O2. The smallest absolute Gasteiger partial charge is 0.329 e. The fourth-order valence-corrected chi connectivity index (χ4v) is 3.07. The molecule has 0 aliphatic carbocycles. The zero-order valence-electron chi connectivity index (χ0n) is 14.1. The fraction of sp³-hybridized carbons (Fsp3) is 0.222. The molecule has 26 heavy (non-hydrogen) atoms. The first-order chi connectivity index (χ1) is 12.5. The van der Waals surface area contributed by atoms with Crippen LogP contribution < -0.4 is 5.69 Å². The third kappa shape index (κ3) is 2.90. The minimum absolute atomic E-state index is 0.155. The second kappa shape index (κ2) is 6.42. The van der Waals surface area contributed by atoms with E-state index < -0.39 is 0 Å². The van der Waals surface area contributed by atoms with Gasteiger partial charge in [0.2, 0.25) is 0 Å². The van der Waals surface area contributed by atoms with E-state index in [0.29, 0.717) is 35.3 Å². The Morgan fingerprint density at radius 2 is 1.88 bits per heavy atom. The summed E-state index contributed by atoms with van der Waals surface area (Å²) >= 11 is 5.77. The Labute approximate surface area is 154 Å². The number of nitrogens with zero attached hydrogens (tertiary/aromatic N) is 5. The lowest BCUT2D eigenvalue weighted by molar-refractivity contribution is 0.0706. The monoisotopic (exact) mass is 369 g/mol. The average Bonchev–Trinajstić information content (AvgIpc) is 2.98. The van der Waals surface area contributed by atoms with Crippen LogP contribution in [0.5, 0.6) is 0 Å². The maximum atomic E-state index is 12.6. The predicted molar refractivity (Wildman–Crippen MR) is 96.5 cm³/mol. The van der Waals surface area contributed by atoms with Gasteiger partial charge in [-0.2, -0.15) is 4.68 Å². The highest BCUT2D eigenvalue weighted by Crippen LogP contribution is 2.15. The molecule has 2 aromatic heterocycles. The number of carbonyl (C=O) groups excluding carboxylic acids is 1. The Morgan fingerprint density at radius 1 is 1.12 bits per heavy atom. The predicted octanol–water partition coefficient (Wildman–Crippen LogP) is 2.05. The number of benzene rings is 1. The van der Waals surface area contributed by atoms with Crippen molar-refractivity contribution in [3.63, 3.8) is 0 Å². The van der Waals surface area contributed by atoms with Gasteiger partial charge in [-0.1, -0.05) is 29.3 Å². The molecule has 1 aliphatic heterocycles. The number of aryl methyl sites for hydroxylation is 1. The molecule has 0 bridgehead atoms. The van der Waals surface area contributed by atoms with Gasteiger partial charge in [0.1, 0.15) is 5.15 Å². The number of amides is 1. The van der Waals surface area contributed by atoms with Crippen molar-refractivity contribution in [3.8, 4) is 5.69 Å². The van der Waals surface area contributed by atoms with E-state index in [2.05, 4.69) is 10.1 Å². The Morgan fingerprint density at radius 3 is 2.58 bits per heavy atom. The molecule has 0 spiro atoms. The van der Waals surface area contributed by atoms with Gasteiger partial charge in [-0.15, -0.1) is 5.10 Å². The Balaban J connectivity index is 1.62. The molecule has 1 aromatic carbocycles. The van der Waals surface area contributed by atoms with Crippen molar-refractivity contribution in [1.29, 1.82) is 0 Å². The number of rotatable bonds is 2. The molecular weight excluding hydrogens is 354 g/mol. The molecule has 8 heteroatoms. The molecule has 0 radical (unpaired) electrons. The maximum absolute atomic E-state index is 12.6. The molecule has 0 fully saturated rings. The second-order valence-electron chi connectivity index (χ2n) is 6.19. The minimum atomic E-state index is -0.191. The minimum Gasteiger partial charge on any atom is -0.329 e. The van der Waals surface area contributed by atoms with Crippen LogP contribution in [0, 0.1) is 6.92 Å². The topological polar surface area (TPSA) is 73.0 Å². The molecule has 132 valence electrons. The van der Waals surface area contributed by atoms with Gasteiger partial charge in [0.15, 0.2) is 5.82 Å². The van der Waals surface area contributed by atoms with Crippen molar-refractivity contribution in [2.75, 3.05) is 6.54 Å². The fourth-order valence-electron chi connectivity index (χ4n) is 2.96. The highest BCUT2D eigenvalue weighted by Gasteiger charge is 2.26. The highest BCUT2D eigenvalue weighted by molar-refractivity contribution is 6.29. The molecule has 1 aliphatic rings. The van der Waals surface area contributed by atoms with Crippen LogP contribution in [0.15, 0.2) is 47.4 Å². The van der Waals surface area contributed by atoms with Crippen LogP contribution in [0.25, 0.3) is 5.69 Å². The lowest BCUT2D eigenvalue weighted by Crippen LogP contribution is -2.40. The summed E-state index contributed by atoms with van der Waals surface area (Å²) in [5, 5.41) is 4.77. The van der Waals surface area contributed by atoms with E-state index in [1.165, 1.54) is 10.9 Å². The lowest BCUT2D eigenvalue weighted by atomic mass is 10.2. The number of halogens is 1. The van der Waals surface area contributed by atoms with Crippen molar-refractivity contribution in [2.45, 2.75) is 20.0 Å². The van der Waals surface area contributed by atoms with E-state index in [9.17, 15) is 9.59 Å². The first kappa shape index (κ1) is 16.5. The first-order valence-electron chi connectivity index (χ1n) is 8.19. The van der Waals surface area contributed by atoms with Crippen LogP contribution in [-0.2, 0) is 13.1 Å². The second-order valence-corrected chi connectivity index (χ2v) is 6.58. The molecule has 0 saturated heterocycles. The normalized spacial score (nSPS) is 13.5. The van der Waals surface area contributed by atoms with Gasteiger partial charge in [-0.25, -0.2) is 9.78 Å². The summed E-state index contributed by atoms with van der Waals surface area (Å²) in [7, 11) is 0. The summed E-state index contributed by atoms with van der Waals surface area (Å²) in [4.78, 5) is 30.9. The Hall–Kier alpha value is -2.93. The van der Waals surface area contributed by atoms with Gasteiger partial charge >= 0.3 is 5.69 Å². The molecule has 0 N–H and O–H groups in total. The Bertz CT molecular complexity index is 1020. The van der Waals surface area contributed by atoms with Gasteiger partial charge in [-0.05, 0) is 31.2 Å². The summed E-state index contributed by atoms with van der Waals surface area (Å²) < 4.78 is 3.00. The summed E-state index contributed by atoms with van der Waals surface area (Å²) in [6.07, 6.45) is 1.46. The number of hydrogen-bond acceptors (Lipinski definition) is 4. The van der Waals surface area contributed by atoms with Crippen molar-refractivity contribution < 1.29 is 4.79 Å². The molecule has 0 atom stereocenters. The lowest BCUT2D eigenvalue weighted by Gasteiger charge is -2.26. The zero-order chi connectivity index (χ0) is 18.3. The largest absolute Gasteiger partial charge is 0.350 e. The Kier molecular flexibility index (Phi) is 4.08. The molecule has 7 nitrogen and oxygen atoms in total. The average molecular weight is 370 g/mol. The number of hydrogen-bond donors (Lipinski definition) is 0. The number of fused-ring (bicyclic) bond motifs is 1. The summed E-state index contributed by atoms with van der Waals surface area (Å²) in [6.45, 7) is 3.11. The SMILES string of the molecule is Cc1ccc(-n2nc3n(c2=O)CCN(C(=O)c2ccc(Cl)nc2)C3)cc1. The molecule has 3 aromatic rings. The number of carbonyl (C=O) groups is 1. The van der Waals surface area contributed by atoms with Crippen LogP contribution in [-0.4, -0.2) is 36.7 Å².